The standard InChI is InChI=1S/C17H26N2O5S/c1-5-12-19(13-11-16(20)24-6-2)17(21)14-7-9-15(10-8-14)25(22,23)18(3)4/h7-10H,5-6,11-13H2,1-4H3. The third-order valence-electron chi connectivity index (χ3n) is 3.55. The first-order valence-electron chi connectivity index (χ1n) is 8.21. The minimum atomic E-state index is -3.53. The van der Waals surface area contributed by atoms with Gasteiger partial charge in [0, 0.05) is 32.7 Å². The number of hydrogen-bond acceptors (Lipinski definition) is 5. The van der Waals surface area contributed by atoms with E-state index in [9.17, 15) is 18.0 Å². The van der Waals surface area contributed by atoms with Gasteiger partial charge in [-0.3, -0.25) is 9.59 Å². The number of benzene rings is 1. The molecule has 0 aliphatic rings. The Morgan fingerprint density at radius 1 is 1.04 bits per heavy atom. The molecule has 0 saturated carbocycles. The van der Waals surface area contributed by atoms with Crippen molar-refractivity contribution in [3.63, 3.8) is 0 Å². The molecule has 1 amide bonds. The van der Waals surface area contributed by atoms with Crippen LogP contribution in [0.2, 0.25) is 0 Å². The molecule has 0 aromatic heterocycles. The van der Waals surface area contributed by atoms with Gasteiger partial charge in [0.15, 0.2) is 0 Å². The minimum Gasteiger partial charge on any atom is -0.466 e. The molecule has 7 nitrogen and oxygen atoms in total. The van der Waals surface area contributed by atoms with Crippen molar-refractivity contribution in [3.05, 3.63) is 29.8 Å². The number of carbonyl (C=O) groups excluding carboxylic acids is 2. The monoisotopic (exact) mass is 370 g/mol. The minimum absolute atomic E-state index is 0.127. The lowest BCUT2D eigenvalue weighted by atomic mass is 10.2. The summed E-state index contributed by atoms with van der Waals surface area (Å²) in [7, 11) is -0.628. The second-order valence-electron chi connectivity index (χ2n) is 5.66. The van der Waals surface area contributed by atoms with Crippen LogP contribution in [0.15, 0.2) is 29.2 Å². The molecular weight excluding hydrogens is 344 g/mol. The lowest BCUT2D eigenvalue weighted by molar-refractivity contribution is -0.143. The average molecular weight is 370 g/mol. The van der Waals surface area contributed by atoms with Crippen LogP contribution in [0.4, 0.5) is 0 Å². The number of amides is 1. The molecule has 0 fully saturated rings. The Labute approximate surface area is 149 Å². The molecule has 140 valence electrons. The van der Waals surface area contributed by atoms with Gasteiger partial charge < -0.3 is 9.64 Å². The van der Waals surface area contributed by atoms with Crippen LogP contribution in [0.5, 0.6) is 0 Å². The van der Waals surface area contributed by atoms with Crippen molar-refractivity contribution in [3.8, 4) is 0 Å². The fraction of sp³-hybridized carbons (Fsp3) is 0.529. The largest absolute Gasteiger partial charge is 0.466 e. The van der Waals surface area contributed by atoms with Gasteiger partial charge in [0.05, 0.1) is 17.9 Å². The Hall–Kier alpha value is -1.93. The fourth-order valence-corrected chi connectivity index (χ4v) is 3.11. The molecule has 8 heteroatoms. The highest BCUT2D eigenvalue weighted by Crippen LogP contribution is 2.15. The molecule has 1 aromatic rings. The Morgan fingerprint density at radius 3 is 2.12 bits per heavy atom. The molecule has 1 aromatic carbocycles. The summed E-state index contributed by atoms with van der Waals surface area (Å²) in [6.07, 6.45) is 0.883. The zero-order chi connectivity index (χ0) is 19.0. The van der Waals surface area contributed by atoms with E-state index in [1.807, 2.05) is 6.92 Å². The van der Waals surface area contributed by atoms with Gasteiger partial charge in [-0.25, -0.2) is 12.7 Å². The van der Waals surface area contributed by atoms with Gasteiger partial charge in [-0.05, 0) is 37.6 Å². The number of sulfonamides is 1. The fourth-order valence-electron chi connectivity index (χ4n) is 2.21. The summed E-state index contributed by atoms with van der Waals surface area (Å²) in [4.78, 5) is 25.8. The molecule has 0 unspecified atom stereocenters. The van der Waals surface area contributed by atoms with Crippen molar-refractivity contribution in [2.75, 3.05) is 33.8 Å². The SMILES string of the molecule is CCCN(CCC(=O)OCC)C(=O)c1ccc(S(=O)(=O)N(C)C)cc1. The first-order chi connectivity index (χ1) is 11.7. The summed E-state index contributed by atoms with van der Waals surface area (Å²) < 4.78 is 30.1. The van der Waals surface area contributed by atoms with Crippen LogP contribution >= 0.6 is 0 Å². The lowest BCUT2D eigenvalue weighted by Gasteiger charge is -2.22. The van der Waals surface area contributed by atoms with Gasteiger partial charge in [0.25, 0.3) is 5.91 Å². The maximum absolute atomic E-state index is 12.6. The normalized spacial score (nSPS) is 11.4. The quantitative estimate of drug-likeness (QED) is 0.618. The molecule has 0 heterocycles. The topological polar surface area (TPSA) is 84.0 Å². The molecule has 0 spiro atoms. The smallest absolute Gasteiger partial charge is 0.307 e. The van der Waals surface area contributed by atoms with Gasteiger partial charge in [0.1, 0.15) is 0 Å². The summed E-state index contributed by atoms with van der Waals surface area (Å²) in [5, 5.41) is 0. The van der Waals surface area contributed by atoms with Crippen LogP contribution in [0, 0.1) is 0 Å². The summed E-state index contributed by atoms with van der Waals surface area (Å²) >= 11 is 0. The van der Waals surface area contributed by atoms with Crippen LogP contribution in [0.25, 0.3) is 0 Å². The number of hydrogen-bond donors (Lipinski definition) is 0. The molecule has 0 aliphatic carbocycles. The zero-order valence-electron chi connectivity index (χ0n) is 15.2. The highest BCUT2D eigenvalue weighted by atomic mass is 32.2. The molecule has 0 N–H and O–H groups in total. The predicted molar refractivity (Wildman–Crippen MR) is 94.8 cm³/mol. The van der Waals surface area contributed by atoms with Crippen LogP contribution in [0.3, 0.4) is 0 Å². The van der Waals surface area contributed by atoms with Crippen molar-refractivity contribution >= 4 is 21.9 Å². The number of rotatable bonds is 9. The maximum Gasteiger partial charge on any atom is 0.307 e. The van der Waals surface area contributed by atoms with E-state index in [4.69, 9.17) is 4.74 Å². The van der Waals surface area contributed by atoms with Crippen molar-refractivity contribution < 1.29 is 22.7 Å². The van der Waals surface area contributed by atoms with Gasteiger partial charge in [0.2, 0.25) is 10.0 Å². The third kappa shape index (κ3) is 5.82. The average Bonchev–Trinajstić information content (AvgIpc) is 2.58. The van der Waals surface area contributed by atoms with E-state index in [-0.39, 0.29) is 29.7 Å². The Kier molecular flexibility index (Phi) is 8.05. The van der Waals surface area contributed by atoms with E-state index in [2.05, 4.69) is 0 Å². The zero-order valence-corrected chi connectivity index (χ0v) is 16.0. The number of carbonyl (C=O) groups is 2. The second kappa shape index (κ2) is 9.53. The van der Waals surface area contributed by atoms with Gasteiger partial charge in [-0.15, -0.1) is 0 Å². The molecule has 25 heavy (non-hydrogen) atoms. The van der Waals surface area contributed by atoms with Gasteiger partial charge >= 0.3 is 5.97 Å². The third-order valence-corrected chi connectivity index (χ3v) is 5.38. The first-order valence-corrected chi connectivity index (χ1v) is 9.65. The molecule has 0 atom stereocenters. The van der Waals surface area contributed by atoms with Crippen molar-refractivity contribution in [2.45, 2.75) is 31.6 Å². The summed E-state index contributed by atoms with van der Waals surface area (Å²) in [6.45, 7) is 4.76. The van der Waals surface area contributed by atoms with E-state index in [0.29, 0.717) is 18.7 Å². The van der Waals surface area contributed by atoms with Gasteiger partial charge in [-0.2, -0.15) is 0 Å². The van der Waals surface area contributed by atoms with Crippen LogP contribution in [0.1, 0.15) is 37.0 Å². The predicted octanol–water partition coefficient (Wildman–Crippen LogP) is 1.74. The van der Waals surface area contributed by atoms with Crippen LogP contribution < -0.4 is 0 Å². The van der Waals surface area contributed by atoms with Crippen LogP contribution in [-0.2, 0) is 19.6 Å². The van der Waals surface area contributed by atoms with E-state index >= 15 is 0 Å². The molecule has 0 bridgehead atoms. The number of esters is 1. The number of ether oxygens (including phenoxy) is 1. The highest BCUT2D eigenvalue weighted by Gasteiger charge is 2.20. The molecular formula is C17H26N2O5S. The van der Waals surface area contributed by atoms with E-state index in [1.165, 1.54) is 38.4 Å². The van der Waals surface area contributed by atoms with Crippen molar-refractivity contribution in [1.82, 2.24) is 9.21 Å². The van der Waals surface area contributed by atoms with E-state index < -0.39 is 10.0 Å². The summed E-state index contributed by atoms with van der Waals surface area (Å²) in [5.41, 5.74) is 0.384. The first kappa shape index (κ1) is 21.1. The Morgan fingerprint density at radius 2 is 1.64 bits per heavy atom. The van der Waals surface area contributed by atoms with Gasteiger partial charge in [-0.1, -0.05) is 6.92 Å². The van der Waals surface area contributed by atoms with Crippen molar-refractivity contribution in [2.24, 2.45) is 0 Å². The molecule has 1 rings (SSSR count). The van der Waals surface area contributed by atoms with E-state index in [0.717, 1.165) is 10.7 Å². The maximum atomic E-state index is 12.6. The molecule has 0 radical (unpaired) electrons. The lowest BCUT2D eigenvalue weighted by Crippen LogP contribution is -2.34. The highest BCUT2D eigenvalue weighted by molar-refractivity contribution is 7.89. The number of nitrogens with zero attached hydrogens (tertiary/aromatic N) is 2. The summed E-state index contributed by atoms with van der Waals surface area (Å²) in [5.74, 6) is -0.580. The molecule has 0 saturated heterocycles. The second-order valence-corrected chi connectivity index (χ2v) is 7.81. The molecule has 0 aliphatic heterocycles. The van der Waals surface area contributed by atoms with Crippen molar-refractivity contribution in [1.29, 1.82) is 0 Å². The summed E-state index contributed by atoms with van der Waals surface area (Å²) in [6, 6.07) is 5.81. The van der Waals surface area contributed by atoms with E-state index in [1.54, 1.807) is 11.8 Å². The Bertz CT molecular complexity index is 683. The van der Waals surface area contributed by atoms with Crippen LogP contribution in [-0.4, -0.2) is 63.3 Å². The Balaban J connectivity index is 2.89.